The van der Waals surface area contributed by atoms with Crippen molar-refractivity contribution in [2.24, 2.45) is 0 Å². The average Bonchev–Trinajstić information content (AvgIpc) is 3.08. The molecule has 31 heavy (non-hydrogen) atoms. The van der Waals surface area contributed by atoms with Crippen LogP contribution in [0.4, 0.5) is 4.79 Å². The highest BCUT2D eigenvalue weighted by molar-refractivity contribution is 9.10. The van der Waals surface area contributed by atoms with Crippen molar-refractivity contribution in [2.45, 2.75) is 18.4 Å². The number of fused-ring (bicyclic) bond motifs is 3. The van der Waals surface area contributed by atoms with E-state index in [4.69, 9.17) is 16.3 Å². The Labute approximate surface area is 193 Å². The minimum atomic E-state index is -1.16. The Hall–Kier alpha value is -2.83. The summed E-state index contributed by atoms with van der Waals surface area (Å²) in [5.41, 5.74) is 5.04. The molecule has 0 fully saturated rings. The molecule has 3 aromatic carbocycles. The molecule has 0 spiro atoms. The van der Waals surface area contributed by atoms with E-state index < -0.39 is 18.1 Å². The molecule has 0 unspecified atom stereocenters. The lowest BCUT2D eigenvalue weighted by Gasteiger charge is -2.18. The summed E-state index contributed by atoms with van der Waals surface area (Å²) in [5, 5.41) is 12.4. The van der Waals surface area contributed by atoms with E-state index in [1.807, 2.05) is 36.4 Å². The predicted molar refractivity (Wildman–Crippen MR) is 122 cm³/mol. The van der Waals surface area contributed by atoms with Gasteiger partial charge in [0.25, 0.3) is 0 Å². The molecule has 0 aromatic heterocycles. The van der Waals surface area contributed by atoms with Crippen LogP contribution in [0.5, 0.6) is 0 Å². The van der Waals surface area contributed by atoms with E-state index in [2.05, 4.69) is 33.4 Å². The Bertz CT molecular complexity index is 1100. The van der Waals surface area contributed by atoms with E-state index >= 15 is 0 Å². The smallest absolute Gasteiger partial charge is 0.407 e. The van der Waals surface area contributed by atoms with Gasteiger partial charge in [-0.2, -0.15) is 0 Å². The van der Waals surface area contributed by atoms with Gasteiger partial charge in [-0.1, -0.05) is 72.3 Å². The van der Waals surface area contributed by atoms with Gasteiger partial charge in [0.05, 0.1) is 5.02 Å². The number of hydrogen-bond acceptors (Lipinski definition) is 3. The molecular weight excluding hydrogens is 482 g/mol. The second kappa shape index (κ2) is 9.12. The van der Waals surface area contributed by atoms with Gasteiger partial charge in [-0.05, 0) is 49.8 Å². The Kier molecular flexibility index (Phi) is 6.30. The Morgan fingerprint density at radius 1 is 1.00 bits per heavy atom. The van der Waals surface area contributed by atoms with Gasteiger partial charge in [0.15, 0.2) is 0 Å². The molecule has 1 atom stereocenters. The second-order valence-corrected chi connectivity index (χ2v) is 8.51. The van der Waals surface area contributed by atoms with Crippen LogP contribution in [0.2, 0.25) is 5.02 Å². The number of aliphatic carboxylic acids is 1. The van der Waals surface area contributed by atoms with Gasteiger partial charge in [0.2, 0.25) is 0 Å². The summed E-state index contributed by atoms with van der Waals surface area (Å²) in [4.78, 5) is 24.1. The molecule has 0 radical (unpaired) electrons. The normalized spacial score (nSPS) is 13.2. The number of ether oxygens (including phenoxy) is 1. The van der Waals surface area contributed by atoms with Gasteiger partial charge < -0.3 is 15.2 Å². The van der Waals surface area contributed by atoms with Gasteiger partial charge in [0, 0.05) is 16.8 Å². The standard InChI is InChI=1S/C24H19BrClNO4/c25-20-11-5-6-14(22(20)26)12-21(23(28)29)27-24(30)31-13-19-17-9-3-1-7-15(17)16-8-2-4-10-18(16)19/h1-11,19,21H,12-13H2,(H,27,30)(H,28,29)/t21-/m0/s1. The number of nitrogens with one attached hydrogen (secondary N) is 1. The largest absolute Gasteiger partial charge is 0.480 e. The highest BCUT2D eigenvalue weighted by Gasteiger charge is 2.30. The number of carboxylic acid groups (broad SMARTS) is 1. The van der Waals surface area contributed by atoms with Crippen molar-refractivity contribution in [1.82, 2.24) is 5.32 Å². The number of halogens is 2. The third-order valence-electron chi connectivity index (χ3n) is 5.39. The molecule has 158 valence electrons. The minimum Gasteiger partial charge on any atom is -0.480 e. The molecule has 4 rings (SSSR count). The maximum absolute atomic E-state index is 12.4. The number of carbonyl (C=O) groups is 2. The first-order chi connectivity index (χ1) is 15.0. The fourth-order valence-corrected chi connectivity index (χ4v) is 4.52. The monoisotopic (exact) mass is 499 g/mol. The van der Waals surface area contributed by atoms with Crippen LogP contribution in [0.25, 0.3) is 11.1 Å². The zero-order valence-electron chi connectivity index (χ0n) is 16.3. The lowest BCUT2D eigenvalue weighted by molar-refractivity contribution is -0.139. The molecule has 0 heterocycles. The molecule has 0 bridgehead atoms. The molecule has 1 aliphatic rings. The van der Waals surface area contributed by atoms with Crippen LogP contribution < -0.4 is 5.32 Å². The summed E-state index contributed by atoms with van der Waals surface area (Å²) in [6.45, 7) is 0.115. The van der Waals surface area contributed by atoms with E-state index in [1.165, 1.54) is 0 Å². The molecule has 2 N–H and O–H groups in total. The zero-order valence-corrected chi connectivity index (χ0v) is 18.7. The van der Waals surface area contributed by atoms with Gasteiger partial charge in [-0.25, -0.2) is 9.59 Å². The van der Waals surface area contributed by atoms with Crippen LogP contribution in [-0.2, 0) is 16.0 Å². The van der Waals surface area contributed by atoms with E-state index in [0.29, 0.717) is 15.1 Å². The van der Waals surface area contributed by atoms with Crippen molar-refractivity contribution < 1.29 is 19.4 Å². The number of rotatable bonds is 6. The molecule has 0 saturated heterocycles. The fourth-order valence-electron chi connectivity index (χ4n) is 3.91. The number of carbonyl (C=O) groups excluding carboxylic acids is 1. The number of alkyl carbamates (subject to hydrolysis) is 1. The van der Waals surface area contributed by atoms with Crippen molar-refractivity contribution in [2.75, 3.05) is 6.61 Å². The van der Waals surface area contributed by atoms with Crippen molar-refractivity contribution in [3.8, 4) is 11.1 Å². The van der Waals surface area contributed by atoms with Crippen molar-refractivity contribution in [3.05, 3.63) is 92.9 Å². The van der Waals surface area contributed by atoms with Crippen LogP contribution in [-0.4, -0.2) is 29.8 Å². The molecular formula is C24H19BrClNO4. The van der Waals surface area contributed by atoms with E-state index in [9.17, 15) is 14.7 Å². The van der Waals surface area contributed by atoms with Crippen LogP contribution in [0.1, 0.15) is 22.6 Å². The first kappa shape index (κ1) is 21.4. The van der Waals surface area contributed by atoms with Crippen LogP contribution in [0.15, 0.2) is 71.2 Å². The first-order valence-electron chi connectivity index (χ1n) is 9.73. The zero-order chi connectivity index (χ0) is 22.0. The topological polar surface area (TPSA) is 75.6 Å². The van der Waals surface area contributed by atoms with E-state index in [-0.39, 0.29) is 18.9 Å². The van der Waals surface area contributed by atoms with Crippen molar-refractivity contribution in [3.63, 3.8) is 0 Å². The third-order valence-corrected chi connectivity index (χ3v) is 6.72. The highest BCUT2D eigenvalue weighted by atomic mass is 79.9. The molecule has 7 heteroatoms. The molecule has 0 saturated carbocycles. The Morgan fingerprint density at radius 3 is 2.23 bits per heavy atom. The van der Waals surface area contributed by atoms with Gasteiger partial charge >= 0.3 is 12.1 Å². The highest BCUT2D eigenvalue weighted by Crippen LogP contribution is 2.44. The maximum Gasteiger partial charge on any atom is 0.407 e. The van der Waals surface area contributed by atoms with Gasteiger partial charge in [0.1, 0.15) is 12.6 Å². The Balaban J connectivity index is 1.45. The van der Waals surface area contributed by atoms with Gasteiger partial charge in [-0.15, -0.1) is 0 Å². The summed E-state index contributed by atoms with van der Waals surface area (Å²) in [5.74, 6) is -1.26. The fraction of sp³-hybridized carbons (Fsp3) is 0.167. The van der Waals surface area contributed by atoms with Gasteiger partial charge in [-0.3, -0.25) is 0 Å². The summed E-state index contributed by atoms with van der Waals surface area (Å²) in [6.07, 6.45) is -0.738. The summed E-state index contributed by atoms with van der Waals surface area (Å²) >= 11 is 9.56. The number of hydrogen-bond donors (Lipinski definition) is 2. The Morgan fingerprint density at radius 2 is 1.61 bits per heavy atom. The SMILES string of the molecule is O=C(N[C@@H](Cc1cccc(Br)c1Cl)C(=O)O)OCC1c2ccccc2-c2ccccc21. The van der Waals surface area contributed by atoms with E-state index in [0.717, 1.165) is 22.3 Å². The van der Waals surface area contributed by atoms with E-state index in [1.54, 1.807) is 18.2 Å². The molecule has 1 aliphatic carbocycles. The summed E-state index contributed by atoms with van der Waals surface area (Å²) in [7, 11) is 0. The third kappa shape index (κ3) is 4.45. The van der Waals surface area contributed by atoms with Crippen LogP contribution >= 0.6 is 27.5 Å². The molecule has 5 nitrogen and oxygen atoms in total. The quantitative estimate of drug-likeness (QED) is 0.459. The molecule has 0 aliphatic heterocycles. The minimum absolute atomic E-state index is 0.0395. The number of amides is 1. The predicted octanol–water partition coefficient (Wildman–Crippen LogP) is 5.64. The average molecular weight is 501 g/mol. The number of benzene rings is 3. The maximum atomic E-state index is 12.4. The van der Waals surface area contributed by atoms with Crippen LogP contribution in [0, 0.1) is 0 Å². The summed E-state index contributed by atoms with van der Waals surface area (Å²) in [6, 6.07) is 20.1. The second-order valence-electron chi connectivity index (χ2n) is 7.28. The lowest BCUT2D eigenvalue weighted by Crippen LogP contribution is -2.43. The summed E-state index contributed by atoms with van der Waals surface area (Å²) < 4.78 is 6.12. The van der Waals surface area contributed by atoms with Crippen molar-refractivity contribution in [1.29, 1.82) is 0 Å². The molecule has 1 amide bonds. The number of carboxylic acids is 1. The van der Waals surface area contributed by atoms with Crippen molar-refractivity contribution >= 4 is 39.6 Å². The lowest BCUT2D eigenvalue weighted by atomic mass is 9.98. The van der Waals surface area contributed by atoms with Crippen LogP contribution in [0.3, 0.4) is 0 Å². The first-order valence-corrected chi connectivity index (χ1v) is 10.9. The molecule has 3 aromatic rings.